The quantitative estimate of drug-likeness (QED) is 0.247. The third kappa shape index (κ3) is 34.3. The van der Waals surface area contributed by atoms with Crippen LogP contribution in [0.25, 0.3) is 0 Å². The Morgan fingerprint density at radius 2 is 0.565 bits per heavy atom. The molecule has 0 unspecified atom stereocenters. The van der Waals surface area contributed by atoms with Crippen LogP contribution in [-0.4, -0.2) is 0 Å². The van der Waals surface area contributed by atoms with E-state index in [1.165, 1.54) is 64.2 Å². The van der Waals surface area contributed by atoms with Crippen molar-refractivity contribution in [1.82, 2.24) is 0 Å². The van der Waals surface area contributed by atoms with Crippen molar-refractivity contribution < 1.29 is 21.7 Å². The van der Waals surface area contributed by atoms with E-state index in [-0.39, 0.29) is 32.5 Å². The van der Waals surface area contributed by atoms with Gasteiger partial charge in [-0.15, -0.1) is 0 Å². The molecule has 0 amide bonds. The molecule has 0 aromatic heterocycles. The SMILES string of the molecule is C1CCCC1.C1CCCC1.[C-]#CC(C)(C)C.[C-]#CC(C)(C)C.[Ti+2]. The van der Waals surface area contributed by atoms with Crippen LogP contribution in [0, 0.1) is 35.5 Å². The molecule has 2 rings (SSSR count). The summed E-state index contributed by atoms with van der Waals surface area (Å²) in [5.41, 5.74) is -0.0833. The van der Waals surface area contributed by atoms with E-state index in [0.717, 1.165) is 0 Å². The largest absolute Gasteiger partial charge is 2.00 e. The molecule has 0 saturated heterocycles. The Bertz CT molecular complexity index is 257. The van der Waals surface area contributed by atoms with Gasteiger partial charge in [-0.2, -0.15) is 0 Å². The molecular weight excluding hydrogens is 312 g/mol. The summed E-state index contributed by atoms with van der Waals surface area (Å²) in [5.74, 6) is 4.71. The van der Waals surface area contributed by atoms with E-state index >= 15 is 0 Å². The predicted molar refractivity (Wildman–Crippen MR) is 99.3 cm³/mol. The summed E-state index contributed by atoms with van der Waals surface area (Å²) in [6, 6.07) is 0. The van der Waals surface area contributed by atoms with Crippen molar-refractivity contribution in [1.29, 1.82) is 0 Å². The molecule has 0 aliphatic heterocycles. The fraction of sp³-hybridized carbons (Fsp3) is 0.818. The number of hydrogen-bond acceptors (Lipinski definition) is 0. The summed E-state index contributed by atoms with van der Waals surface area (Å²) in [7, 11) is 0. The Hall–Kier alpha value is -0.166. The van der Waals surface area contributed by atoms with Crippen LogP contribution >= 0.6 is 0 Å². The summed E-state index contributed by atoms with van der Waals surface area (Å²) in [4.78, 5) is 0. The van der Waals surface area contributed by atoms with Crippen molar-refractivity contribution in [3.8, 4) is 11.8 Å². The third-order valence-electron chi connectivity index (χ3n) is 3.25. The van der Waals surface area contributed by atoms with Gasteiger partial charge in [0.05, 0.1) is 0 Å². The third-order valence-corrected chi connectivity index (χ3v) is 3.25. The first-order chi connectivity index (χ1) is 10.1. The maximum absolute atomic E-state index is 6.60. The van der Waals surface area contributed by atoms with Gasteiger partial charge in [-0.3, -0.25) is 0 Å². The zero-order valence-corrected chi connectivity index (χ0v) is 18.1. The maximum Gasteiger partial charge on any atom is 2.00 e. The van der Waals surface area contributed by atoms with Crippen LogP contribution in [0.2, 0.25) is 0 Å². The fourth-order valence-electron chi connectivity index (χ4n) is 1.77. The Kier molecular flexibility index (Phi) is 20.1. The molecule has 2 aliphatic rings. The molecule has 2 aliphatic carbocycles. The zero-order valence-electron chi connectivity index (χ0n) is 16.6. The molecule has 0 heterocycles. The normalized spacial score (nSPS) is 15.8. The van der Waals surface area contributed by atoms with E-state index in [1.54, 1.807) is 0 Å². The Balaban J connectivity index is -0.000000229. The molecule has 130 valence electrons. The Morgan fingerprint density at radius 1 is 0.478 bits per heavy atom. The second-order valence-electron chi connectivity index (χ2n) is 8.29. The smallest absolute Gasteiger partial charge is 0.693 e. The van der Waals surface area contributed by atoms with Gasteiger partial charge in [-0.1, -0.05) is 106 Å². The van der Waals surface area contributed by atoms with Crippen molar-refractivity contribution in [3.63, 3.8) is 0 Å². The topological polar surface area (TPSA) is 0 Å². The first-order valence-corrected chi connectivity index (χ1v) is 9.00. The van der Waals surface area contributed by atoms with Crippen LogP contribution in [0.1, 0.15) is 106 Å². The molecule has 0 bridgehead atoms. The first kappa shape index (κ1) is 27.7. The zero-order chi connectivity index (χ0) is 17.5. The van der Waals surface area contributed by atoms with Crippen molar-refractivity contribution in [3.05, 3.63) is 12.8 Å². The molecule has 0 N–H and O–H groups in total. The number of hydrogen-bond donors (Lipinski definition) is 0. The second kappa shape index (κ2) is 16.7. The van der Waals surface area contributed by atoms with Crippen molar-refractivity contribution in [2.75, 3.05) is 0 Å². The van der Waals surface area contributed by atoms with Crippen LogP contribution in [0.15, 0.2) is 0 Å². The van der Waals surface area contributed by atoms with E-state index in [2.05, 4.69) is 11.8 Å². The van der Waals surface area contributed by atoms with E-state index in [4.69, 9.17) is 12.8 Å². The van der Waals surface area contributed by atoms with Gasteiger partial charge in [-0.05, 0) is 10.8 Å². The molecular formula is C22H38Ti. The van der Waals surface area contributed by atoms with Crippen molar-refractivity contribution in [2.24, 2.45) is 10.8 Å². The van der Waals surface area contributed by atoms with E-state index in [1.807, 2.05) is 41.5 Å². The summed E-state index contributed by atoms with van der Waals surface area (Å²) >= 11 is 0. The van der Waals surface area contributed by atoms with Crippen LogP contribution in [0.5, 0.6) is 0 Å². The van der Waals surface area contributed by atoms with Crippen LogP contribution in [-0.2, 0) is 21.7 Å². The Morgan fingerprint density at radius 3 is 0.609 bits per heavy atom. The van der Waals surface area contributed by atoms with Crippen LogP contribution in [0.4, 0.5) is 0 Å². The summed E-state index contributed by atoms with van der Waals surface area (Å²) in [6.45, 7) is 11.7. The van der Waals surface area contributed by atoms with Gasteiger partial charge in [0.2, 0.25) is 0 Å². The standard InChI is InChI=1S/2C6H9.2C5H10.Ti/c2*1-5-6(2,3)4;2*1-2-4-5-3-1;/h2*2-4H3;2*1-5H2;/q2*-1;;;+2. The van der Waals surface area contributed by atoms with Crippen molar-refractivity contribution >= 4 is 0 Å². The van der Waals surface area contributed by atoms with Gasteiger partial charge < -0.3 is 24.7 Å². The average molecular weight is 350 g/mol. The minimum absolute atomic E-state index is 0. The molecule has 0 spiro atoms. The molecule has 2 fully saturated rings. The van der Waals surface area contributed by atoms with Gasteiger partial charge in [-0.25, -0.2) is 0 Å². The molecule has 0 radical (unpaired) electrons. The molecule has 1 heteroatoms. The van der Waals surface area contributed by atoms with Gasteiger partial charge in [0.15, 0.2) is 0 Å². The summed E-state index contributed by atoms with van der Waals surface area (Å²) in [6.07, 6.45) is 28.2. The maximum atomic E-state index is 6.60. The Labute approximate surface area is 162 Å². The van der Waals surface area contributed by atoms with Gasteiger partial charge in [0, 0.05) is 0 Å². The second-order valence-corrected chi connectivity index (χ2v) is 8.29. The van der Waals surface area contributed by atoms with E-state index in [9.17, 15) is 0 Å². The monoisotopic (exact) mass is 350 g/mol. The minimum Gasteiger partial charge on any atom is -0.693 e. The summed E-state index contributed by atoms with van der Waals surface area (Å²) in [5, 5.41) is 0. The van der Waals surface area contributed by atoms with Crippen LogP contribution < -0.4 is 0 Å². The van der Waals surface area contributed by atoms with Crippen molar-refractivity contribution in [2.45, 2.75) is 106 Å². The van der Waals surface area contributed by atoms with Gasteiger partial charge in [0.1, 0.15) is 0 Å². The summed E-state index contributed by atoms with van der Waals surface area (Å²) < 4.78 is 0. The fourth-order valence-corrected chi connectivity index (χ4v) is 1.77. The molecule has 2 saturated carbocycles. The van der Waals surface area contributed by atoms with E-state index in [0.29, 0.717) is 0 Å². The molecule has 0 nitrogen and oxygen atoms in total. The number of rotatable bonds is 0. The van der Waals surface area contributed by atoms with E-state index < -0.39 is 0 Å². The molecule has 0 atom stereocenters. The van der Waals surface area contributed by atoms with Crippen LogP contribution in [0.3, 0.4) is 0 Å². The molecule has 0 aromatic carbocycles. The van der Waals surface area contributed by atoms with Gasteiger partial charge >= 0.3 is 21.7 Å². The molecule has 23 heavy (non-hydrogen) atoms. The average Bonchev–Trinajstić information content (AvgIpc) is 3.15. The van der Waals surface area contributed by atoms with Gasteiger partial charge in [0.25, 0.3) is 0 Å². The first-order valence-electron chi connectivity index (χ1n) is 9.00. The minimum atomic E-state index is -0.0417. The predicted octanol–water partition coefficient (Wildman–Crippen LogP) is 7.14. The molecule has 0 aromatic rings.